The fraction of sp³-hybridized carbons (Fsp3) is 0.385. The van der Waals surface area contributed by atoms with Crippen LogP contribution in [0.5, 0.6) is 0 Å². The molecule has 0 radical (unpaired) electrons. The van der Waals surface area contributed by atoms with Gasteiger partial charge in [-0.05, 0) is 30.5 Å². The zero-order valence-electron chi connectivity index (χ0n) is 10.6. The smallest absolute Gasteiger partial charge is 0.326 e. The lowest BCUT2D eigenvalue weighted by molar-refractivity contribution is -0.139. The molecule has 0 saturated heterocycles. The summed E-state index contributed by atoms with van der Waals surface area (Å²) in [5.74, 6) is -1.03. The molecule has 0 bridgehead atoms. The molecule has 0 fully saturated rings. The quantitative estimate of drug-likeness (QED) is 0.749. The standard InChI is InChI=1S/C13H18N2O3/c1-3-9-6-5-7-10(8-9)14-13(18)15-11(4-2)12(16)17/h5-8,11H,3-4H2,1-2H3,(H,16,17)(H2,14,15,18). The number of carbonyl (C=O) groups excluding carboxylic acids is 1. The Balaban J connectivity index is 2.61. The van der Waals surface area contributed by atoms with Crippen LogP contribution in [-0.2, 0) is 11.2 Å². The van der Waals surface area contributed by atoms with E-state index in [0.717, 1.165) is 12.0 Å². The van der Waals surface area contributed by atoms with Crippen LogP contribution in [0.25, 0.3) is 0 Å². The number of carboxylic acid groups (broad SMARTS) is 1. The normalized spacial score (nSPS) is 11.7. The molecule has 5 heteroatoms. The molecule has 0 saturated carbocycles. The second-order valence-corrected chi connectivity index (χ2v) is 3.95. The second kappa shape index (κ2) is 6.64. The first-order valence-electron chi connectivity index (χ1n) is 5.96. The number of aryl methyl sites for hydroxylation is 1. The number of hydrogen-bond acceptors (Lipinski definition) is 2. The van der Waals surface area contributed by atoms with E-state index in [4.69, 9.17) is 5.11 Å². The summed E-state index contributed by atoms with van der Waals surface area (Å²) in [5.41, 5.74) is 1.77. The van der Waals surface area contributed by atoms with E-state index in [1.54, 1.807) is 13.0 Å². The number of amides is 2. The Labute approximate surface area is 106 Å². The molecule has 1 aromatic carbocycles. The van der Waals surface area contributed by atoms with Crippen molar-refractivity contribution in [3.8, 4) is 0 Å². The monoisotopic (exact) mass is 250 g/mol. The highest BCUT2D eigenvalue weighted by atomic mass is 16.4. The lowest BCUT2D eigenvalue weighted by Gasteiger charge is -2.13. The average molecular weight is 250 g/mol. The summed E-state index contributed by atoms with van der Waals surface area (Å²) in [6, 6.07) is 6.08. The second-order valence-electron chi connectivity index (χ2n) is 3.95. The van der Waals surface area contributed by atoms with Gasteiger partial charge in [-0.3, -0.25) is 0 Å². The minimum Gasteiger partial charge on any atom is -0.480 e. The van der Waals surface area contributed by atoms with Crippen LogP contribution in [0.1, 0.15) is 25.8 Å². The van der Waals surface area contributed by atoms with E-state index < -0.39 is 18.0 Å². The number of benzene rings is 1. The molecule has 1 atom stereocenters. The van der Waals surface area contributed by atoms with Crippen LogP contribution in [0, 0.1) is 0 Å². The van der Waals surface area contributed by atoms with Crippen molar-refractivity contribution >= 4 is 17.7 Å². The molecule has 1 aromatic rings. The largest absolute Gasteiger partial charge is 0.480 e. The Kier molecular flexibility index (Phi) is 5.17. The van der Waals surface area contributed by atoms with Crippen LogP contribution in [0.3, 0.4) is 0 Å². The molecule has 0 aliphatic carbocycles. The number of hydrogen-bond donors (Lipinski definition) is 3. The van der Waals surface area contributed by atoms with Gasteiger partial charge in [-0.15, -0.1) is 0 Å². The average Bonchev–Trinajstić information content (AvgIpc) is 2.35. The first-order valence-corrected chi connectivity index (χ1v) is 5.96. The van der Waals surface area contributed by atoms with E-state index >= 15 is 0 Å². The molecule has 0 aromatic heterocycles. The van der Waals surface area contributed by atoms with Crippen LogP contribution in [0.4, 0.5) is 10.5 Å². The first-order chi connectivity index (χ1) is 8.56. The maximum Gasteiger partial charge on any atom is 0.326 e. The molecule has 0 aliphatic rings. The van der Waals surface area contributed by atoms with Crippen LogP contribution in [0.2, 0.25) is 0 Å². The Bertz CT molecular complexity index is 432. The van der Waals surface area contributed by atoms with Crippen molar-refractivity contribution < 1.29 is 14.7 Å². The predicted octanol–water partition coefficient (Wildman–Crippen LogP) is 2.23. The number of rotatable bonds is 5. The van der Waals surface area contributed by atoms with Crippen molar-refractivity contribution in [3.05, 3.63) is 29.8 Å². The van der Waals surface area contributed by atoms with Gasteiger partial charge in [0.2, 0.25) is 0 Å². The maximum atomic E-state index is 11.6. The van der Waals surface area contributed by atoms with Crippen molar-refractivity contribution in [2.24, 2.45) is 0 Å². The lowest BCUT2D eigenvalue weighted by Crippen LogP contribution is -2.42. The molecule has 0 aliphatic heterocycles. The number of carbonyl (C=O) groups is 2. The van der Waals surface area contributed by atoms with Crippen molar-refractivity contribution in [2.45, 2.75) is 32.7 Å². The van der Waals surface area contributed by atoms with Gasteiger partial charge >= 0.3 is 12.0 Å². The van der Waals surface area contributed by atoms with E-state index in [1.165, 1.54) is 0 Å². The van der Waals surface area contributed by atoms with Crippen LogP contribution < -0.4 is 10.6 Å². The van der Waals surface area contributed by atoms with Crippen LogP contribution >= 0.6 is 0 Å². The molecule has 1 rings (SSSR count). The maximum absolute atomic E-state index is 11.6. The number of aliphatic carboxylic acids is 1. The van der Waals surface area contributed by atoms with Gasteiger partial charge in [0, 0.05) is 5.69 Å². The third kappa shape index (κ3) is 4.08. The topological polar surface area (TPSA) is 78.4 Å². The molecule has 2 amide bonds. The fourth-order valence-electron chi connectivity index (χ4n) is 1.53. The third-order valence-corrected chi connectivity index (χ3v) is 2.60. The molecule has 5 nitrogen and oxygen atoms in total. The highest BCUT2D eigenvalue weighted by molar-refractivity contribution is 5.92. The minimum atomic E-state index is -1.03. The predicted molar refractivity (Wildman–Crippen MR) is 69.7 cm³/mol. The van der Waals surface area contributed by atoms with E-state index in [1.807, 2.05) is 25.1 Å². The minimum absolute atomic E-state index is 0.345. The molecule has 0 heterocycles. The third-order valence-electron chi connectivity index (χ3n) is 2.60. The Morgan fingerprint density at radius 1 is 1.33 bits per heavy atom. The SMILES string of the molecule is CCc1cccc(NC(=O)NC(CC)C(=O)O)c1. The van der Waals surface area contributed by atoms with Crippen LogP contribution in [-0.4, -0.2) is 23.1 Å². The first kappa shape index (κ1) is 14.0. The van der Waals surface area contributed by atoms with Crippen molar-refractivity contribution in [1.82, 2.24) is 5.32 Å². The van der Waals surface area contributed by atoms with Gasteiger partial charge in [0.1, 0.15) is 6.04 Å². The Morgan fingerprint density at radius 3 is 2.61 bits per heavy atom. The summed E-state index contributed by atoms with van der Waals surface area (Å²) >= 11 is 0. The van der Waals surface area contributed by atoms with Crippen molar-refractivity contribution in [1.29, 1.82) is 0 Å². The van der Waals surface area contributed by atoms with E-state index in [0.29, 0.717) is 12.1 Å². The van der Waals surface area contributed by atoms with Gasteiger partial charge < -0.3 is 15.7 Å². The summed E-state index contributed by atoms with van der Waals surface area (Å²) in [6.45, 7) is 3.73. The Hall–Kier alpha value is -2.04. The molecule has 0 spiro atoms. The highest BCUT2D eigenvalue weighted by Gasteiger charge is 2.17. The molecule has 3 N–H and O–H groups in total. The molecular weight excluding hydrogens is 232 g/mol. The van der Waals surface area contributed by atoms with Gasteiger partial charge in [-0.25, -0.2) is 9.59 Å². The van der Waals surface area contributed by atoms with Crippen molar-refractivity contribution in [2.75, 3.05) is 5.32 Å². The highest BCUT2D eigenvalue weighted by Crippen LogP contribution is 2.10. The van der Waals surface area contributed by atoms with Crippen molar-refractivity contribution in [3.63, 3.8) is 0 Å². The van der Waals surface area contributed by atoms with Gasteiger partial charge in [0.15, 0.2) is 0 Å². The zero-order chi connectivity index (χ0) is 13.5. The number of carboxylic acids is 1. The van der Waals surface area contributed by atoms with E-state index in [-0.39, 0.29) is 0 Å². The lowest BCUT2D eigenvalue weighted by atomic mass is 10.1. The Morgan fingerprint density at radius 2 is 2.06 bits per heavy atom. The van der Waals surface area contributed by atoms with E-state index in [9.17, 15) is 9.59 Å². The summed E-state index contributed by atoms with van der Waals surface area (Å²) in [4.78, 5) is 22.4. The van der Waals surface area contributed by atoms with Gasteiger partial charge in [-0.1, -0.05) is 26.0 Å². The molecule has 18 heavy (non-hydrogen) atoms. The van der Waals surface area contributed by atoms with Gasteiger partial charge in [0.25, 0.3) is 0 Å². The number of anilines is 1. The van der Waals surface area contributed by atoms with E-state index in [2.05, 4.69) is 10.6 Å². The summed E-state index contributed by atoms with van der Waals surface area (Å²) < 4.78 is 0. The number of nitrogens with one attached hydrogen (secondary N) is 2. The van der Waals surface area contributed by atoms with Gasteiger partial charge in [-0.2, -0.15) is 0 Å². The number of urea groups is 1. The van der Waals surface area contributed by atoms with Gasteiger partial charge in [0.05, 0.1) is 0 Å². The fourth-order valence-corrected chi connectivity index (χ4v) is 1.53. The molecule has 98 valence electrons. The summed E-state index contributed by atoms with van der Waals surface area (Å²) in [5, 5.41) is 13.9. The molecular formula is C13H18N2O3. The van der Waals surface area contributed by atoms with Crippen LogP contribution in [0.15, 0.2) is 24.3 Å². The summed E-state index contributed by atoms with van der Waals surface area (Å²) in [6.07, 6.45) is 1.22. The molecule has 1 unspecified atom stereocenters. The zero-order valence-corrected chi connectivity index (χ0v) is 10.6. The summed E-state index contributed by atoms with van der Waals surface area (Å²) in [7, 11) is 0.